The highest BCUT2D eigenvalue weighted by molar-refractivity contribution is 6.33. The van der Waals surface area contributed by atoms with Gasteiger partial charge in [-0.2, -0.15) is 0 Å². The Labute approximate surface area is 175 Å². The normalized spacial score (nSPS) is 15.6. The monoisotopic (exact) mass is 412 g/mol. The van der Waals surface area contributed by atoms with Gasteiger partial charge in [0.05, 0.1) is 11.1 Å². The quantitative estimate of drug-likeness (QED) is 0.658. The fraction of sp³-hybridized carbons (Fsp3) is 0.364. The first-order chi connectivity index (χ1) is 14.1. The van der Waals surface area contributed by atoms with E-state index in [1.165, 1.54) is 18.5 Å². The van der Waals surface area contributed by atoms with Crippen molar-refractivity contribution >= 4 is 17.5 Å². The predicted octanol–water partition coefficient (Wildman–Crippen LogP) is 4.21. The van der Waals surface area contributed by atoms with Gasteiger partial charge < -0.3 is 14.4 Å². The number of likely N-dealkylation sites (tertiary alicyclic amines) is 1. The standard InChI is InChI=1S/C22H25ClN4O2/c1-15-20(21(25-29-15)16-8-3-4-9-17(16)23)22(28)24-14-19(27-12-5-6-13-27)18-10-7-11-26(18)2/h3-4,7-11,19H,5-6,12-14H2,1-2H3,(H,24,28). The lowest BCUT2D eigenvalue weighted by Gasteiger charge is -2.28. The van der Waals surface area contributed by atoms with Gasteiger partial charge >= 0.3 is 0 Å². The third-order valence-electron chi connectivity index (χ3n) is 5.58. The average Bonchev–Trinajstić information content (AvgIpc) is 3.45. The fourth-order valence-corrected chi connectivity index (χ4v) is 4.27. The van der Waals surface area contributed by atoms with E-state index in [-0.39, 0.29) is 11.9 Å². The van der Waals surface area contributed by atoms with E-state index in [1.54, 1.807) is 13.0 Å². The number of amides is 1. The zero-order chi connectivity index (χ0) is 20.4. The summed E-state index contributed by atoms with van der Waals surface area (Å²) in [7, 11) is 2.04. The second-order valence-electron chi connectivity index (χ2n) is 7.46. The number of nitrogens with one attached hydrogen (secondary N) is 1. The number of halogens is 1. The molecule has 1 amide bonds. The number of carbonyl (C=O) groups is 1. The predicted molar refractivity (Wildman–Crippen MR) is 113 cm³/mol. The van der Waals surface area contributed by atoms with Crippen LogP contribution in [0, 0.1) is 6.92 Å². The van der Waals surface area contributed by atoms with Crippen LogP contribution in [0.2, 0.25) is 5.02 Å². The van der Waals surface area contributed by atoms with Gasteiger partial charge in [-0.05, 0) is 51.1 Å². The van der Waals surface area contributed by atoms with E-state index >= 15 is 0 Å². The lowest BCUT2D eigenvalue weighted by molar-refractivity contribution is 0.0935. The van der Waals surface area contributed by atoms with Crippen molar-refractivity contribution in [3.05, 3.63) is 64.6 Å². The SMILES string of the molecule is Cc1onc(-c2ccccc2Cl)c1C(=O)NCC(c1cccn1C)N1CCCC1. The Hall–Kier alpha value is -2.57. The number of aryl methyl sites for hydroxylation is 2. The van der Waals surface area contributed by atoms with Gasteiger partial charge in [-0.1, -0.05) is 35.0 Å². The topological polar surface area (TPSA) is 63.3 Å². The van der Waals surface area contributed by atoms with Crippen LogP contribution in [0.5, 0.6) is 0 Å². The molecule has 3 heterocycles. The van der Waals surface area contributed by atoms with Crippen LogP contribution in [0.25, 0.3) is 11.3 Å². The van der Waals surface area contributed by atoms with Crippen LogP contribution < -0.4 is 5.32 Å². The van der Waals surface area contributed by atoms with Gasteiger partial charge in [-0.15, -0.1) is 0 Å². The first kappa shape index (κ1) is 19.7. The molecule has 0 bridgehead atoms. The molecule has 1 aromatic carbocycles. The Balaban J connectivity index is 1.57. The zero-order valence-electron chi connectivity index (χ0n) is 16.7. The van der Waals surface area contributed by atoms with Gasteiger partial charge in [0.25, 0.3) is 5.91 Å². The molecule has 4 rings (SSSR count). The number of hydrogen-bond donors (Lipinski definition) is 1. The summed E-state index contributed by atoms with van der Waals surface area (Å²) in [5, 5.41) is 7.75. The van der Waals surface area contributed by atoms with Crippen molar-refractivity contribution in [3.8, 4) is 11.3 Å². The number of rotatable bonds is 6. The second kappa shape index (κ2) is 8.43. The van der Waals surface area contributed by atoms with E-state index in [0.717, 1.165) is 13.1 Å². The molecule has 1 unspecified atom stereocenters. The minimum atomic E-state index is -0.197. The fourth-order valence-electron chi connectivity index (χ4n) is 4.05. The van der Waals surface area contributed by atoms with Gasteiger partial charge in [-0.25, -0.2) is 0 Å². The summed E-state index contributed by atoms with van der Waals surface area (Å²) in [6, 6.07) is 11.6. The maximum atomic E-state index is 13.1. The molecule has 29 heavy (non-hydrogen) atoms. The van der Waals surface area contributed by atoms with Crippen molar-refractivity contribution in [2.75, 3.05) is 19.6 Å². The van der Waals surface area contributed by atoms with E-state index in [0.29, 0.717) is 34.1 Å². The number of hydrogen-bond acceptors (Lipinski definition) is 4. The zero-order valence-corrected chi connectivity index (χ0v) is 17.4. The molecular formula is C22H25ClN4O2. The Bertz CT molecular complexity index is 1000. The highest BCUT2D eigenvalue weighted by Gasteiger charge is 2.28. The van der Waals surface area contributed by atoms with Crippen LogP contribution in [0.1, 0.15) is 40.7 Å². The van der Waals surface area contributed by atoms with Gasteiger partial charge in [0, 0.05) is 31.0 Å². The highest BCUT2D eigenvalue weighted by Crippen LogP contribution is 2.31. The molecule has 1 aliphatic rings. The van der Waals surface area contributed by atoms with E-state index in [4.69, 9.17) is 16.1 Å². The minimum Gasteiger partial charge on any atom is -0.360 e. The number of aromatic nitrogens is 2. The molecule has 1 N–H and O–H groups in total. The molecule has 7 heteroatoms. The Kier molecular flexibility index (Phi) is 5.74. The van der Waals surface area contributed by atoms with E-state index in [9.17, 15) is 4.79 Å². The maximum Gasteiger partial charge on any atom is 0.257 e. The number of carbonyl (C=O) groups excluding carboxylic acids is 1. The van der Waals surface area contributed by atoms with Crippen LogP contribution in [0.15, 0.2) is 47.1 Å². The van der Waals surface area contributed by atoms with Crippen LogP contribution in [0.3, 0.4) is 0 Å². The molecule has 2 aromatic heterocycles. The third kappa shape index (κ3) is 3.95. The average molecular weight is 413 g/mol. The van der Waals surface area contributed by atoms with Crippen LogP contribution >= 0.6 is 11.6 Å². The van der Waals surface area contributed by atoms with Crippen molar-refractivity contribution < 1.29 is 9.32 Å². The van der Waals surface area contributed by atoms with Crippen LogP contribution in [-0.2, 0) is 7.05 Å². The maximum absolute atomic E-state index is 13.1. The molecule has 1 aliphatic heterocycles. The van der Waals surface area contributed by atoms with Crippen LogP contribution in [0.4, 0.5) is 0 Å². The largest absolute Gasteiger partial charge is 0.360 e. The molecule has 152 valence electrons. The Morgan fingerprint density at radius 3 is 2.69 bits per heavy atom. The summed E-state index contributed by atoms with van der Waals surface area (Å²) in [4.78, 5) is 15.6. The van der Waals surface area contributed by atoms with Crippen molar-refractivity contribution in [1.82, 2.24) is 19.9 Å². The molecule has 1 saturated heterocycles. The first-order valence-corrected chi connectivity index (χ1v) is 10.3. The molecule has 1 atom stereocenters. The summed E-state index contributed by atoms with van der Waals surface area (Å²) in [5.41, 5.74) is 2.79. The second-order valence-corrected chi connectivity index (χ2v) is 7.86. The summed E-state index contributed by atoms with van der Waals surface area (Å²) in [6.45, 7) is 4.35. The van der Waals surface area contributed by atoms with Crippen LogP contribution in [-0.4, -0.2) is 40.2 Å². The molecule has 0 saturated carbocycles. The summed E-state index contributed by atoms with van der Waals surface area (Å²) >= 11 is 6.32. The Morgan fingerprint density at radius 1 is 1.24 bits per heavy atom. The number of benzene rings is 1. The summed E-state index contributed by atoms with van der Waals surface area (Å²) < 4.78 is 7.46. The van der Waals surface area contributed by atoms with E-state index in [1.807, 2.05) is 37.5 Å². The van der Waals surface area contributed by atoms with Crippen molar-refractivity contribution in [3.63, 3.8) is 0 Å². The lowest BCUT2D eigenvalue weighted by atomic mass is 10.1. The smallest absolute Gasteiger partial charge is 0.257 e. The molecule has 1 fully saturated rings. The van der Waals surface area contributed by atoms with E-state index in [2.05, 4.69) is 26.0 Å². The summed E-state index contributed by atoms with van der Waals surface area (Å²) in [6.07, 6.45) is 4.42. The molecule has 0 radical (unpaired) electrons. The summed E-state index contributed by atoms with van der Waals surface area (Å²) in [5.74, 6) is 0.283. The first-order valence-electron chi connectivity index (χ1n) is 9.91. The molecule has 0 spiro atoms. The molecular weight excluding hydrogens is 388 g/mol. The minimum absolute atomic E-state index is 0.130. The molecule has 6 nitrogen and oxygen atoms in total. The molecule has 0 aliphatic carbocycles. The van der Waals surface area contributed by atoms with Gasteiger partial charge in [0.15, 0.2) is 0 Å². The van der Waals surface area contributed by atoms with Crippen molar-refractivity contribution in [1.29, 1.82) is 0 Å². The Morgan fingerprint density at radius 2 is 2.00 bits per heavy atom. The highest BCUT2D eigenvalue weighted by atomic mass is 35.5. The lowest BCUT2D eigenvalue weighted by Crippen LogP contribution is -2.37. The van der Waals surface area contributed by atoms with Crippen molar-refractivity contribution in [2.24, 2.45) is 7.05 Å². The van der Waals surface area contributed by atoms with Gasteiger partial charge in [0.2, 0.25) is 0 Å². The van der Waals surface area contributed by atoms with Gasteiger partial charge in [0.1, 0.15) is 17.0 Å². The van der Waals surface area contributed by atoms with Gasteiger partial charge in [-0.3, -0.25) is 9.69 Å². The van der Waals surface area contributed by atoms with E-state index < -0.39 is 0 Å². The molecule has 3 aromatic rings. The van der Waals surface area contributed by atoms with Crippen molar-refractivity contribution in [2.45, 2.75) is 25.8 Å². The number of nitrogens with zero attached hydrogens (tertiary/aromatic N) is 3. The third-order valence-corrected chi connectivity index (χ3v) is 5.91.